The zero-order chi connectivity index (χ0) is 8.97. The second-order valence-corrected chi connectivity index (χ2v) is 4.17. The largest absolute Gasteiger partial charge is 0.392 e. The van der Waals surface area contributed by atoms with Crippen LogP contribution in [0.25, 0.3) is 0 Å². The summed E-state index contributed by atoms with van der Waals surface area (Å²) < 4.78 is 11.4. The molecular formula is C9H12O2S. The molecule has 1 rings (SSSR count). The summed E-state index contributed by atoms with van der Waals surface area (Å²) in [5, 5.41) is 8.99. The fourth-order valence-corrected chi connectivity index (χ4v) is 1.98. The van der Waals surface area contributed by atoms with Crippen molar-refractivity contribution in [3.05, 3.63) is 30.3 Å². The Bertz CT molecular complexity index is 256. The van der Waals surface area contributed by atoms with Gasteiger partial charge in [-0.1, -0.05) is 18.2 Å². The van der Waals surface area contributed by atoms with Crippen LogP contribution < -0.4 is 0 Å². The Labute approximate surface area is 74.7 Å². The minimum atomic E-state index is -1.06. The molecule has 0 aliphatic rings. The molecule has 0 aromatic heterocycles. The van der Waals surface area contributed by atoms with Crippen molar-refractivity contribution in [2.45, 2.75) is 17.9 Å². The van der Waals surface area contributed by atoms with E-state index < -0.39 is 16.9 Å². The highest BCUT2D eigenvalue weighted by Gasteiger charge is 2.05. The van der Waals surface area contributed by atoms with E-state index in [2.05, 4.69) is 0 Å². The molecule has 0 amide bonds. The maximum Gasteiger partial charge on any atom is 0.0630 e. The number of aliphatic hydroxyl groups excluding tert-OH is 1. The first-order valence-electron chi connectivity index (χ1n) is 3.81. The Balaban J connectivity index is 2.66. The lowest BCUT2D eigenvalue weighted by Crippen LogP contribution is -2.12. The van der Waals surface area contributed by atoms with Crippen molar-refractivity contribution < 1.29 is 9.32 Å². The van der Waals surface area contributed by atoms with Gasteiger partial charge in [0.2, 0.25) is 0 Å². The Morgan fingerprint density at radius 2 is 2.00 bits per heavy atom. The van der Waals surface area contributed by atoms with E-state index in [1.807, 2.05) is 18.2 Å². The average Bonchev–Trinajstić information content (AvgIpc) is 2.05. The predicted molar refractivity (Wildman–Crippen MR) is 49.4 cm³/mol. The first-order chi connectivity index (χ1) is 5.70. The van der Waals surface area contributed by atoms with E-state index in [9.17, 15) is 4.21 Å². The van der Waals surface area contributed by atoms with Gasteiger partial charge in [0.1, 0.15) is 0 Å². The third-order valence-electron chi connectivity index (χ3n) is 1.40. The molecule has 0 saturated heterocycles. The molecular weight excluding hydrogens is 172 g/mol. The molecule has 1 N–H and O–H groups in total. The van der Waals surface area contributed by atoms with Crippen molar-refractivity contribution in [1.29, 1.82) is 0 Å². The summed E-state index contributed by atoms with van der Waals surface area (Å²) in [7, 11) is -1.06. The van der Waals surface area contributed by atoms with Crippen LogP contribution in [0.5, 0.6) is 0 Å². The highest BCUT2D eigenvalue weighted by Crippen LogP contribution is 2.06. The zero-order valence-corrected chi connectivity index (χ0v) is 7.75. The van der Waals surface area contributed by atoms with Gasteiger partial charge in [0.05, 0.1) is 22.7 Å². The molecule has 0 spiro atoms. The van der Waals surface area contributed by atoms with Gasteiger partial charge >= 0.3 is 0 Å². The highest BCUT2D eigenvalue weighted by atomic mass is 32.2. The fourth-order valence-electron chi connectivity index (χ4n) is 0.888. The van der Waals surface area contributed by atoms with E-state index in [-0.39, 0.29) is 0 Å². The number of hydrogen-bond donors (Lipinski definition) is 1. The summed E-state index contributed by atoms with van der Waals surface area (Å²) in [6.07, 6.45) is -0.508. The smallest absolute Gasteiger partial charge is 0.0630 e. The Kier molecular flexibility index (Phi) is 3.44. The van der Waals surface area contributed by atoms with E-state index in [1.54, 1.807) is 19.1 Å². The fraction of sp³-hybridized carbons (Fsp3) is 0.333. The maximum atomic E-state index is 11.4. The van der Waals surface area contributed by atoms with Gasteiger partial charge < -0.3 is 5.11 Å². The maximum absolute atomic E-state index is 11.4. The van der Waals surface area contributed by atoms with Crippen LogP contribution in [0.2, 0.25) is 0 Å². The van der Waals surface area contributed by atoms with Gasteiger partial charge in [0.15, 0.2) is 0 Å². The topological polar surface area (TPSA) is 37.3 Å². The molecule has 0 aliphatic carbocycles. The van der Waals surface area contributed by atoms with Gasteiger partial charge in [0.25, 0.3) is 0 Å². The molecule has 1 aromatic rings. The summed E-state index contributed by atoms with van der Waals surface area (Å²) in [5.74, 6) is 0.310. The summed E-state index contributed by atoms with van der Waals surface area (Å²) in [6.45, 7) is 1.64. The lowest BCUT2D eigenvalue weighted by Gasteiger charge is -2.03. The Morgan fingerprint density at radius 1 is 1.42 bits per heavy atom. The normalized spacial score (nSPS) is 15.5. The lowest BCUT2D eigenvalue weighted by molar-refractivity contribution is 0.219. The van der Waals surface area contributed by atoms with Gasteiger partial charge in [-0.3, -0.25) is 4.21 Å². The average molecular weight is 184 g/mol. The minimum Gasteiger partial charge on any atom is -0.392 e. The van der Waals surface area contributed by atoms with Gasteiger partial charge in [0, 0.05) is 4.90 Å². The van der Waals surface area contributed by atoms with Gasteiger partial charge in [-0.2, -0.15) is 0 Å². The van der Waals surface area contributed by atoms with Crippen molar-refractivity contribution >= 4 is 10.8 Å². The molecule has 0 bridgehead atoms. The Morgan fingerprint density at radius 3 is 2.50 bits per heavy atom. The van der Waals surface area contributed by atoms with E-state index in [0.717, 1.165) is 4.90 Å². The molecule has 3 heteroatoms. The molecule has 2 nitrogen and oxygen atoms in total. The molecule has 66 valence electrons. The molecule has 12 heavy (non-hydrogen) atoms. The first-order valence-corrected chi connectivity index (χ1v) is 5.13. The molecule has 0 aliphatic heterocycles. The van der Waals surface area contributed by atoms with Crippen molar-refractivity contribution in [3.63, 3.8) is 0 Å². The van der Waals surface area contributed by atoms with E-state index in [1.165, 1.54) is 0 Å². The SMILES string of the molecule is CC(O)CS(=O)c1ccccc1. The number of rotatable bonds is 3. The predicted octanol–water partition coefficient (Wildman–Crippen LogP) is 1.18. The highest BCUT2D eigenvalue weighted by molar-refractivity contribution is 7.85. The third kappa shape index (κ3) is 2.75. The number of aliphatic hydroxyl groups is 1. The summed E-state index contributed by atoms with van der Waals surface area (Å²) in [4.78, 5) is 0.776. The van der Waals surface area contributed by atoms with E-state index in [0.29, 0.717) is 5.75 Å². The van der Waals surface area contributed by atoms with Crippen molar-refractivity contribution in [2.75, 3.05) is 5.75 Å². The van der Waals surface area contributed by atoms with Crippen LogP contribution in [0.1, 0.15) is 6.92 Å². The van der Waals surface area contributed by atoms with Crippen LogP contribution in [0.4, 0.5) is 0 Å². The minimum absolute atomic E-state index is 0.310. The van der Waals surface area contributed by atoms with Crippen LogP contribution in [0.3, 0.4) is 0 Å². The van der Waals surface area contributed by atoms with Crippen molar-refractivity contribution in [3.8, 4) is 0 Å². The van der Waals surface area contributed by atoms with Crippen LogP contribution in [-0.2, 0) is 10.8 Å². The molecule has 0 heterocycles. The quantitative estimate of drug-likeness (QED) is 0.765. The molecule has 0 saturated carbocycles. The molecule has 1 aromatic carbocycles. The first kappa shape index (κ1) is 9.42. The summed E-state index contributed by atoms with van der Waals surface area (Å²) in [5.41, 5.74) is 0. The summed E-state index contributed by atoms with van der Waals surface area (Å²) >= 11 is 0. The number of hydrogen-bond acceptors (Lipinski definition) is 2. The van der Waals surface area contributed by atoms with E-state index >= 15 is 0 Å². The lowest BCUT2D eigenvalue weighted by atomic mass is 10.4. The van der Waals surface area contributed by atoms with Crippen LogP contribution in [0, 0.1) is 0 Å². The van der Waals surface area contributed by atoms with Gasteiger partial charge in [-0.05, 0) is 19.1 Å². The molecule has 0 radical (unpaired) electrons. The third-order valence-corrected chi connectivity index (χ3v) is 2.98. The van der Waals surface area contributed by atoms with Crippen LogP contribution in [-0.4, -0.2) is 21.2 Å². The second kappa shape index (κ2) is 4.38. The van der Waals surface area contributed by atoms with Crippen molar-refractivity contribution in [1.82, 2.24) is 0 Å². The van der Waals surface area contributed by atoms with Crippen LogP contribution in [0.15, 0.2) is 35.2 Å². The van der Waals surface area contributed by atoms with Gasteiger partial charge in [-0.25, -0.2) is 0 Å². The zero-order valence-electron chi connectivity index (χ0n) is 6.93. The number of benzene rings is 1. The second-order valence-electron chi connectivity index (χ2n) is 2.67. The monoisotopic (exact) mass is 184 g/mol. The van der Waals surface area contributed by atoms with Crippen molar-refractivity contribution in [2.24, 2.45) is 0 Å². The van der Waals surface area contributed by atoms with E-state index in [4.69, 9.17) is 5.11 Å². The summed E-state index contributed by atoms with van der Waals surface area (Å²) in [6, 6.07) is 9.17. The van der Waals surface area contributed by atoms with Crippen LogP contribution >= 0.6 is 0 Å². The Hall–Kier alpha value is -0.670. The molecule has 2 atom stereocenters. The molecule has 2 unspecified atom stereocenters. The standard InChI is InChI=1S/C9H12O2S/c1-8(10)7-12(11)9-5-3-2-4-6-9/h2-6,8,10H,7H2,1H3. The molecule has 0 fully saturated rings. The van der Waals surface area contributed by atoms with Gasteiger partial charge in [-0.15, -0.1) is 0 Å².